The molecule has 14 heavy (non-hydrogen) atoms. The van der Waals surface area contributed by atoms with Gasteiger partial charge in [-0.3, -0.25) is 0 Å². The average molecular weight is 236 g/mol. The molecular weight excluding hydrogens is 224 g/mol. The summed E-state index contributed by atoms with van der Waals surface area (Å²) >= 11 is 11.7. The number of nitrogens with two attached hydrogens (primary N) is 1. The Labute approximate surface area is 93.0 Å². The predicted molar refractivity (Wildman–Crippen MR) is 59.7 cm³/mol. The highest BCUT2D eigenvalue weighted by Gasteiger charge is 2.19. The van der Waals surface area contributed by atoms with Crippen LogP contribution in [0.3, 0.4) is 0 Å². The van der Waals surface area contributed by atoms with Crippen LogP contribution in [0.5, 0.6) is 0 Å². The molecule has 78 valence electrons. The highest BCUT2D eigenvalue weighted by Crippen LogP contribution is 2.39. The van der Waals surface area contributed by atoms with Crippen LogP contribution in [0, 0.1) is 12.7 Å². The van der Waals surface area contributed by atoms with E-state index in [1.807, 2.05) is 13.8 Å². The lowest BCUT2D eigenvalue weighted by Gasteiger charge is -2.16. The fourth-order valence-corrected chi connectivity index (χ4v) is 2.03. The highest BCUT2D eigenvalue weighted by molar-refractivity contribution is 6.43. The van der Waals surface area contributed by atoms with E-state index in [9.17, 15) is 4.39 Å². The van der Waals surface area contributed by atoms with E-state index >= 15 is 0 Å². The molecule has 1 rings (SSSR count). The Kier molecular flexibility index (Phi) is 3.28. The van der Waals surface area contributed by atoms with Gasteiger partial charge in [-0.05, 0) is 18.4 Å². The van der Waals surface area contributed by atoms with Crippen molar-refractivity contribution < 1.29 is 4.39 Å². The molecule has 0 saturated heterocycles. The fourth-order valence-electron chi connectivity index (χ4n) is 1.38. The molecule has 0 amide bonds. The van der Waals surface area contributed by atoms with Gasteiger partial charge in [-0.2, -0.15) is 0 Å². The van der Waals surface area contributed by atoms with Crippen molar-refractivity contribution >= 4 is 28.9 Å². The highest BCUT2D eigenvalue weighted by atomic mass is 35.5. The van der Waals surface area contributed by atoms with Crippen molar-refractivity contribution in [1.82, 2.24) is 0 Å². The van der Waals surface area contributed by atoms with E-state index in [0.717, 1.165) is 5.56 Å². The van der Waals surface area contributed by atoms with Crippen LogP contribution in [-0.4, -0.2) is 0 Å². The summed E-state index contributed by atoms with van der Waals surface area (Å²) in [6, 6.07) is 0. The monoisotopic (exact) mass is 235 g/mol. The van der Waals surface area contributed by atoms with Gasteiger partial charge < -0.3 is 5.73 Å². The first-order valence-corrected chi connectivity index (χ1v) is 5.05. The molecule has 1 aromatic rings. The Hall–Kier alpha value is -0.470. The minimum atomic E-state index is -0.529. The zero-order chi connectivity index (χ0) is 11.0. The molecule has 4 heteroatoms. The van der Waals surface area contributed by atoms with E-state index in [4.69, 9.17) is 28.9 Å². The average Bonchev–Trinajstić information content (AvgIpc) is 2.11. The first-order chi connectivity index (χ1) is 6.37. The Morgan fingerprint density at radius 3 is 2.14 bits per heavy atom. The van der Waals surface area contributed by atoms with Gasteiger partial charge in [0.1, 0.15) is 5.82 Å². The zero-order valence-corrected chi connectivity index (χ0v) is 9.80. The van der Waals surface area contributed by atoms with Gasteiger partial charge in [0.15, 0.2) is 0 Å². The third-order valence-corrected chi connectivity index (χ3v) is 3.07. The van der Waals surface area contributed by atoms with Crippen molar-refractivity contribution in [2.75, 3.05) is 5.73 Å². The number of benzene rings is 1. The minimum absolute atomic E-state index is 0.0398. The third-order valence-electron chi connectivity index (χ3n) is 2.22. The Morgan fingerprint density at radius 1 is 1.21 bits per heavy atom. The molecule has 2 N–H and O–H groups in total. The van der Waals surface area contributed by atoms with Crippen LogP contribution in [0.1, 0.15) is 30.9 Å². The number of nitrogen functional groups attached to an aromatic ring is 1. The van der Waals surface area contributed by atoms with E-state index in [2.05, 4.69) is 0 Å². The molecule has 0 atom stereocenters. The SMILES string of the molecule is Cc1c(N)c(C(C)C)c(Cl)c(Cl)c1F. The topological polar surface area (TPSA) is 26.0 Å². The molecule has 0 heterocycles. The van der Waals surface area contributed by atoms with Crippen molar-refractivity contribution in [1.29, 1.82) is 0 Å². The number of hydrogen-bond donors (Lipinski definition) is 1. The van der Waals surface area contributed by atoms with E-state index in [-0.39, 0.29) is 16.0 Å². The van der Waals surface area contributed by atoms with Crippen molar-refractivity contribution in [3.05, 3.63) is 27.0 Å². The first-order valence-electron chi connectivity index (χ1n) is 4.30. The number of hydrogen-bond acceptors (Lipinski definition) is 1. The summed E-state index contributed by atoms with van der Waals surface area (Å²) in [5, 5.41) is 0.185. The minimum Gasteiger partial charge on any atom is -0.398 e. The van der Waals surface area contributed by atoms with Gasteiger partial charge in [0.2, 0.25) is 0 Å². The number of halogens is 3. The second-order valence-electron chi connectivity index (χ2n) is 3.55. The maximum absolute atomic E-state index is 13.4. The van der Waals surface area contributed by atoms with Gasteiger partial charge in [-0.25, -0.2) is 4.39 Å². The molecule has 0 fully saturated rings. The van der Waals surface area contributed by atoms with Crippen LogP contribution in [-0.2, 0) is 0 Å². The summed E-state index contributed by atoms with van der Waals surface area (Å²) in [5.74, 6) is -0.405. The summed E-state index contributed by atoms with van der Waals surface area (Å²) in [6.45, 7) is 5.47. The summed E-state index contributed by atoms with van der Waals surface area (Å²) in [6.07, 6.45) is 0. The fraction of sp³-hybridized carbons (Fsp3) is 0.400. The molecular formula is C10H12Cl2FN. The standard InChI is InChI=1S/C10H12Cl2FN/c1-4(2)6-7(11)8(12)9(13)5(3)10(6)14/h4H,14H2,1-3H3. The summed E-state index contributed by atoms with van der Waals surface area (Å²) < 4.78 is 13.4. The van der Waals surface area contributed by atoms with Crippen LogP contribution < -0.4 is 5.73 Å². The zero-order valence-electron chi connectivity index (χ0n) is 8.29. The number of rotatable bonds is 1. The van der Waals surface area contributed by atoms with Crippen LogP contribution in [0.2, 0.25) is 10.0 Å². The van der Waals surface area contributed by atoms with Gasteiger partial charge in [-0.1, -0.05) is 37.0 Å². The summed E-state index contributed by atoms with van der Waals surface area (Å²) in [5.41, 5.74) is 7.25. The van der Waals surface area contributed by atoms with E-state index in [0.29, 0.717) is 11.3 Å². The van der Waals surface area contributed by atoms with Crippen LogP contribution in [0.25, 0.3) is 0 Å². The quantitative estimate of drug-likeness (QED) is 0.575. The Morgan fingerprint density at radius 2 is 1.71 bits per heavy atom. The van der Waals surface area contributed by atoms with Crippen LogP contribution in [0.15, 0.2) is 0 Å². The molecule has 0 aliphatic rings. The molecule has 0 unspecified atom stereocenters. The molecule has 1 nitrogen and oxygen atoms in total. The molecule has 0 spiro atoms. The van der Waals surface area contributed by atoms with Crippen LogP contribution in [0.4, 0.5) is 10.1 Å². The molecule has 1 aromatic carbocycles. The van der Waals surface area contributed by atoms with Gasteiger partial charge in [-0.15, -0.1) is 0 Å². The number of anilines is 1. The Balaban J connectivity index is 3.60. The summed E-state index contributed by atoms with van der Waals surface area (Å²) in [4.78, 5) is 0. The largest absolute Gasteiger partial charge is 0.398 e. The predicted octanol–water partition coefficient (Wildman–Crippen LogP) is 4.15. The van der Waals surface area contributed by atoms with E-state index in [1.165, 1.54) is 0 Å². The van der Waals surface area contributed by atoms with E-state index in [1.54, 1.807) is 6.92 Å². The lowest BCUT2D eigenvalue weighted by Crippen LogP contribution is -2.03. The van der Waals surface area contributed by atoms with Crippen molar-refractivity contribution in [3.8, 4) is 0 Å². The van der Waals surface area contributed by atoms with Gasteiger partial charge in [0.25, 0.3) is 0 Å². The van der Waals surface area contributed by atoms with Gasteiger partial charge >= 0.3 is 0 Å². The van der Waals surface area contributed by atoms with Crippen molar-refractivity contribution in [2.24, 2.45) is 0 Å². The lowest BCUT2D eigenvalue weighted by atomic mass is 9.98. The smallest absolute Gasteiger partial charge is 0.148 e. The molecule has 0 bridgehead atoms. The molecule has 0 radical (unpaired) electrons. The molecule has 0 saturated carbocycles. The molecule has 0 aliphatic carbocycles. The first kappa shape index (κ1) is 11.6. The second-order valence-corrected chi connectivity index (χ2v) is 4.30. The third kappa shape index (κ3) is 1.69. The van der Waals surface area contributed by atoms with E-state index < -0.39 is 5.82 Å². The maximum atomic E-state index is 13.4. The molecule has 0 aliphatic heterocycles. The van der Waals surface area contributed by atoms with Gasteiger partial charge in [0.05, 0.1) is 10.0 Å². The summed E-state index contributed by atoms with van der Waals surface area (Å²) in [7, 11) is 0. The van der Waals surface area contributed by atoms with Crippen molar-refractivity contribution in [3.63, 3.8) is 0 Å². The lowest BCUT2D eigenvalue weighted by molar-refractivity contribution is 0.618. The normalized spacial score (nSPS) is 11.1. The Bertz CT molecular complexity index is 346. The maximum Gasteiger partial charge on any atom is 0.148 e. The van der Waals surface area contributed by atoms with Crippen molar-refractivity contribution in [2.45, 2.75) is 26.7 Å². The molecule has 0 aromatic heterocycles. The second kappa shape index (κ2) is 3.95. The van der Waals surface area contributed by atoms with Crippen LogP contribution >= 0.6 is 23.2 Å². The van der Waals surface area contributed by atoms with Gasteiger partial charge in [0, 0.05) is 11.3 Å².